The zero-order chi connectivity index (χ0) is 6.00. The molecule has 3 nitrogen and oxygen atoms in total. The number of hydrogen-bond donors (Lipinski definition) is 0. The fraction of sp³-hybridized carbons (Fsp3) is 0. The van der Waals surface area contributed by atoms with Crippen LogP contribution in [0.1, 0.15) is 0 Å². The maximum Gasteiger partial charge on any atom is 2.00 e. The van der Waals surface area contributed by atoms with E-state index in [4.69, 9.17) is 28.9 Å². The number of nitrogens with zero attached hydrogens (tertiary/aromatic N) is 3. The van der Waals surface area contributed by atoms with E-state index >= 15 is 0 Å². The van der Waals surface area contributed by atoms with Crippen LogP contribution >= 0.6 is 0 Å². The van der Waals surface area contributed by atoms with Crippen LogP contribution in [0.5, 0.6) is 0 Å². The van der Waals surface area contributed by atoms with Crippen molar-refractivity contribution < 1.29 is 17.1 Å². The summed E-state index contributed by atoms with van der Waals surface area (Å²) < 4.78 is 0. The van der Waals surface area contributed by atoms with E-state index < -0.39 is 0 Å². The summed E-state index contributed by atoms with van der Waals surface area (Å²) in [6, 6.07) is 0. The van der Waals surface area contributed by atoms with Gasteiger partial charge in [-0.25, -0.2) is 5.26 Å². The van der Waals surface area contributed by atoms with Crippen LogP contribution in [0.15, 0.2) is 0 Å². The fourth-order valence-corrected chi connectivity index (χ4v) is 0. The van der Waals surface area contributed by atoms with Crippen LogP contribution in [0.25, 0.3) is 0 Å². The average Bonchev–Trinajstić information content (AvgIpc) is 1.81. The summed E-state index contributed by atoms with van der Waals surface area (Å²) in [7, 11) is 0. The molecule has 0 aliphatic carbocycles. The number of hydrogen-bond acceptors (Lipinski definition) is 3. The average molecular weight is 143 g/mol. The first-order valence-corrected chi connectivity index (χ1v) is 0.705. The molecular formula is C3HCuN3. The third-order valence-corrected chi connectivity index (χ3v) is 0. The van der Waals surface area contributed by atoms with Crippen molar-refractivity contribution in [3.05, 3.63) is 13.1 Å². The topological polar surface area (TPSA) is 71.4 Å². The molecule has 0 saturated carbocycles. The Balaban J connectivity index is -0.00000000900. The van der Waals surface area contributed by atoms with E-state index in [0.29, 0.717) is 0 Å². The van der Waals surface area contributed by atoms with E-state index in [9.17, 15) is 0 Å². The molecule has 0 amide bonds. The molecule has 0 bridgehead atoms. The van der Waals surface area contributed by atoms with Gasteiger partial charge in [0.05, 0.1) is 0 Å². The van der Waals surface area contributed by atoms with Gasteiger partial charge in [0.25, 0.3) is 0 Å². The molecule has 4 heteroatoms. The van der Waals surface area contributed by atoms with Gasteiger partial charge in [0.1, 0.15) is 0 Å². The fourth-order valence-electron chi connectivity index (χ4n) is 0. The van der Waals surface area contributed by atoms with E-state index in [1.54, 1.807) is 0 Å². The minimum absolute atomic E-state index is 0. The van der Waals surface area contributed by atoms with E-state index in [1.807, 2.05) is 0 Å². The van der Waals surface area contributed by atoms with Crippen molar-refractivity contribution >= 4 is 0 Å². The Morgan fingerprint density at radius 3 is 0.857 bits per heavy atom. The molecule has 0 fully saturated rings. The Bertz CT molecular complexity index is 38.7. The first-order chi connectivity index (χ1) is 3.00. The van der Waals surface area contributed by atoms with Crippen LogP contribution in [-0.4, -0.2) is 0 Å². The molecule has 39 valence electrons. The minimum atomic E-state index is 0. The Hall–Kier alpha value is -1.01. The molecule has 0 aromatic carbocycles. The van der Waals surface area contributed by atoms with Crippen molar-refractivity contribution in [3.63, 3.8) is 0 Å². The zero-order valence-corrected chi connectivity index (χ0v) is 4.16. The first kappa shape index (κ1) is 37.7. The van der Waals surface area contributed by atoms with Gasteiger partial charge in [0.15, 0.2) is 0 Å². The Labute approximate surface area is 53.3 Å². The van der Waals surface area contributed by atoms with E-state index in [1.165, 1.54) is 0 Å². The van der Waals surface area contributed by atoms with Gasteiger partial charge < -0.3 is 23.7 Å². The van der Waals surface area contributed by atoms with Crippen LogP contribution in [0.2, 0.25) is 0 Å². The molecule has 0 N–H and O–H groups in total. The standard InChI is InChI=1S/CHN.2CN.Cu/c3*1-2;/h1H;;;/q;2*-1;+2. The maximum absolute atomic E-state index is 6.50. The summed E-state index contributed by atoms with van der Waals surface area (Å²) in [6.07, 6.45) is 0. The van der Waals surface area contributed by atoms with Gasteiger partial charge in [0.2, 0.25) is 0 Å². The molecule has 0 rings (SSSR count). The van der Waals surface area contributed by atoms with Crippen molar-refractivity contribution in [2.24, 2.45) is 0 Å². The van der Waals surface area contributed by atoms with Gasteiger partial charge in [-0.15, -0.1) is 0 Å². The second-order valence-electron chi connectivity index (χ2n) is 0. The van der Waals surface area contributed by atoms with Crippen LogP contribution in [0.3, 0.4) is 0 Å². The monoisotopic (exact) mass is 142 g/mol. The minimum Gasteiger partial charge on any atom is -0.512 e. The van der Waals surface area contributed by atoms with Gasteiger partial charge in [-0.1, -0.05) is 0 Å². The maximum atomic E-state index is 6.50. The number of rotatable bonds is 0. The van der Waals surface area contributed by atoms with Crippen molar-refractivity contribution in [2.75, 3.05) is 0 Å². The van der Waals surface area contributed by atoms with Crippen molar-refractivity contribution in [2.45, 2.75) is 0 Å². The van der Waals surface area contributed by atoms with Crippen molar-refractivity contribution in [1.82, 2.24) is 0 Å². The summed E-state index contributed by atoms with van der Waals surface area (Å²) >= 11 is 0. The van der Waals surface area contributed by atoms with Crippen LogP contribution in [0.4, 0.5) is 0 Å². The molecule has 0 heterocycles. The predicted molar refractivity (Wildman–Crippen MR) is 16.6 cm³/mol. The zero-order valence-electron chi connectivity index (χ0n) is 3.22. The van der Waals surface area contributed by atoms with Crippen LogP contribution in [-0.2, 0) is 17.1 Å². The normalized spacial score (nSPS) is 0.857. The third kappa shape index (κ3) is 43.7. The Morgan fingerprint density at radius 1 is 0.857 bits per heavy atom. The molecule has 0 aromatic heterocycles. The summed E-state index contributed by atoms with van der Waals surface area (Å²) in [5.74, 6) is 0. The van der Waals surface area contributed by atoms with Gasteiger partial charge in [-0.3, -0.25) is 0 Å². The molecule has 0 saturated heterocycles. The predicted octanol–water partition coefficient (Wildman–Crippen LogP) is 0.330. The molecule has 0 aromatic rings. The van der Waals surface area contributed by atoms with E-state index in [-0.39, 0.29) is 17.1 Å². The van der Waals surface area contributed by atoms with Gasteiger partial charge in [0, 0.05) is 6.57 Å². The summed E-state index contributed by atoms with van der Waals surface area (Å²) in [4.78, 5) is 0. The molecular weight excluding hydrogens is 142 g/mol. The molecule has 0 aliphatic rings. The Kier molecular flexibility index (Phi) is 419. The van der Waals surface area contributed by atoms with Crippen molar-refractivity contribution in [1.29, 1.82) is 15.8 Å². The van der Waals surface area contributed by atoms with Gasteiger partial charge in [-0.05, 0) is 0 Å². The van der Waals surface area contributed by atoms with E-state index in [0.717, 1.165) is 0 Å². The quantitative estimate of drug-likeness (QED) is 0.362. The molecule has 1 radical (unpaired) electrons. The van der Waals surface area contributed by atoms with Gasteiger partial charge >= 0.3 is 17.1 Å². The summed E-state index contributed by atoms with van der Waals surface area (Å²) in [5.41, 5.74) is 0. The molecule has 0 unspecified atom stereocenters. The van der Waals surface area contributed by atoms with Crippen LogP contribution in [0, 0.1) is 35.5 Å². The van der Waals surface area contributed by atoms with Gasteiger partial charge in [-0.2, -0.15) is 0 Å². The molecule has 0 spiro atoms. The smallest absolute Gasteiger partial charge is 0.512 e. The van der Waals surface area contributed by atoms with E-state index in [2.05, 4.69) is 6.57 Å². The number of nitriles is 1. The second-order valence-corrected chi connectivity index (χ2v) is 0. The summed E-state index contributed by atoms with van der Waals surface area (Å²) in [6.45, 7) is 13.0. The largest absolute Gasteiger partial charge is 2.00 e. The summed E-state index contributed by atoms with van der Waals surface area (Å²) in [5, 5.41) is 19.0. The van der Waals surface area contributed by atoms with Crippen molar-refractivity contribution in [3.8, 4) is 6.57 Å². The molecule has 7 heavy (non-hydrogen) atoms. The SMILES string of the molecule is C#N.[C-]#N.[C-]#N.[Cu+2]. The first-order valence-electron chi connectivity index (χ1n) is 0.705. The molecule has 0 aliphatic heterocycles. The third-order valence-electron chi connectivity index (χ3n) is 0. The molecule has 0 atom stereocenters. The second kappa shape index (κ2) is 77.8. The van der Waals surface area contributed by atoms with Crippen LogP contribution < -0.4 is 0 Å². The Morgan fingerprint density at radius 2 is 0.857 bits per heavy atom.